The molecular weight excluding hydrogens is 192 g/mol. The fourth-order valence-corrected chi connectivity index (χ4v) is 2.81. The van der Waals surface area contributed by atoms with E-state index < -0.39 is 0 Å². The maximum Gasteiger partial charge on any atom is 0.355 e. The highest BCUT2D eigenvalue weighted by molar-refractivity contribution is 8.17. The summed E-state index contributed by atoms with van der Waals surface area (Å²) in [6.07, 6.45) is 2.20. The Kier molecular flexibility index (Phi) is 1.67. The van der Waals surface area contributed by atoms with Gasteiger partial charge in [-0.3, -0.25) is 5.73 Å². The zero-order chi connectivity index (χ0) is 9.54. The van der Waals surface area contributed by atoms with E-state index in [0.29, 0.717) is 5.17 Å². The van der Waals surface area contributed by atoms with E-state index in [2.05, 4.69) is 29.3 Å². The van der Waals surface area contributed by atoms with E-state index >= 15 is 0 Å². The number of amidine groups is 1. The van der Waals surface area contributed by atoms with Crippen LogP contribution in [-0.2, 0) is 6.42 Å². The molecule has 1 aromatic rings. The van der Waals surface area contributed by atoms with Crippen LogP contribution in [0, 0.1) is 0 Å². The molecule has 1 radical (unpaired) electrons. The fourth-order valence-electron chi connectivity index (χ4n) is 1.97. The minimum absolute atomic E-state index is 0.687. The predicted octanol–water partition coefficient (Wildman–Crippen LogP) is 1.70. The summed E-state index contributed by atoms with van der Waals surface area (Å²) >= 11 is 1.62. The van der Waals surface area contributed by atoms with Crippen molar-refractivity contribution in [1.29, 1.82) is 0 Å². The van der Waals surface area contributed by atoms with E-state index in [-0.39, 0.29) is 0 Å². The molecule has 1 aromatic carbocycles. The summed E-state index contributed by atoms with van der Waals surface area (Å²) in [6, 6.07) is 8.45. The lowest BCUT2D eigenvalue weighted by Gasteiger charge is -2.12. The van der Waals surface area contributed by atoms with Crippen molar-refractivity contribution in [3.63, 3.8) is 0 Å². The van der Waals surface area contributed by atoms with Crippen LogP contribution in [0.5, 0.6) is 0 Å². The molecule has 2 aliphatic rings. The van der Waals surface area contributed by atoms with Gasteiger partial charge in [-0.25, -0.2) is 0 Å². The maximum atomic E-state index is 5.72. The second-order valence-electron chi connectivity index (χ2n) is 3.48. The van der Waals surface area contributed by atoms with Crippen molar-refractivity contribution in [2.24, 2.45) is 5.73 Å². The zero-order valence-electron chi connectivity index (χ0n) is 7.66. The Hall–Kier alpha value is -1.22. The lowest BCUT2D eigenvalue weighted by molar-refractivity contribution is 0.958. The third kappa shape index (κ3) is 1.09. The molecule has 0 saturated carbocycles. The first kappa shape index (κ1) is 8.12. The minimum atomic E-state index is 0.687. The Morgan fingerprint density at radius 3 is 3.00 bits per heavy atom. The van der Waals surface area contributed by atoms with E-state index in [1.165, 1.54) is 16.0 Å². The van der Waals surface area contributed by atoms with Gasteiger partial charge in [0.1, 0.15) is 0 Å². The number of nitrogens with two attached hydrogens (primary N) is 1. The molecular formula is C11H10N2S+. The maximum absolute atomic E-state index is 5.72. The number of aliphatic imine (C=N–C) groups is 1. The first-order chi connectivity index (χ1) is 6.84. The monoisotopic (exact) mass is 202 g/mol. The molecule has 2 N–H and O–H groups in total. The minimum Gasteiger partial charge on any atom is -0.278 e. The third-order valence-electron chi connectivity index (χ3n) is 2.61. The second-order valence-corrected chi connectivity index (χ2v) is 4.60. The van der Waals surface area contributed by atoms with Gasteiger partial charge in [-0.05, 0) is 23.4 Å². The number of aryl methyl sites for hydroxylation is 1. The van der Waals surface area contributed by atoms with Gasteiger partial charge in [-0.15, -0.1) is 0 Å². The summed E-state index contributed by atoms with van der Waals surface area (Å²) in [5, 5.41) is 0.687. The van der Waals surface area contributed by atoms with Crippen molar-refractivity contribution >= 4 is 22.6 Å². The van der Waals surface area contributed by atoms with E-state index in [1.54, 1.807) is 11.8 Å². The molecule has 0 unspecified atom stereocenters. The van der Waals surface area contributed by atoms with Gasteiger partial charge in [-0.1, -0.05) is 24.3 Å². The summed E-state index contributed by atoms with van der Waals surface area (Å²) in [6.45, 7) is 0. The number of nitrogens with zero attached hydrogens (tertiary/aromatic N) is 1. The summed E-state index contributed by atoms with van der Waals surface area (Å²) in [5.74, 6) is 0. The average Bonchev–Trinajstić information content (AvgIpc) is 2.59. The van der Waals surface area contributed by atoms with E-state index in [1.807, 2.05) is 0 Å². The summed E-state index contributed by atoms with van der Waals surface area (Å²) in [4.78, 5) is 5.72. The smallest absolute Gasteiger partial charge is 0.278 e. The van der Waals surface area contributed by atoms with Crippen LogP contribution in [0.2, 0.25) is 0 Å². The molecule has 0 bridgehead atoms. The average molecular weight is 202 g/mol. The topological polar surface area (TPSA) is 40.1 Å². The van der Waals surface area contributed by atoms with Gasteiger partial charge in [0.15, 0.2) is 5.70 Å². The molecule has 69 valence electrons. The molecule has 14 heavy (non-hydrogen) atoms. The van der Waals surface area contributed by atoms with Crippen molar-refractivity contribution in [3.05, 3.63) is 40.3 Å². The summed E-state index contributed by atoms with van der Waals surface area (Å²) in [5.41, 5.74) is 9.49. The van der Waals surface area contributed by atoms with Crippen LogP contribution in [0.3, 0.4) is 0 Å². The molecule has 2 nitrogen and oxygen atoms in total. The molecule has 0 aromatic heterocycles. The van der Waals surface area contributed by atoms with Gasteiger partial charge in [0.25, 0.3) is 0 Å². The van der Waals surface area contributed by atoms with Gasteiger partial charge < -0.3 is 0 Å². The molecule has 1 aliphatic carbocycles. The SMILES string of the molecule is NC1=[N+]C2=C(CCc3ccccc32)S1. The Labute approximate surface area is 86.9 Å². The molecule has 3 heteroatoms. The Morgan fingerprint density at radius 1 is 1.21 bits per heavy atom. The summed E-state index contributed by atoms with van der Waals surface area (Å²) in [7, 11) is 0. The van der Waals surface area contributed by atoms with Gasteiger partial charge >= 0.3 is 5.17 Å². The quantitative estimate of drug-likeness (QED) is 0.695. The lowest BCUT2D eigenvalue weighted by Crippen LogP contribution is -2.09. The second kappa shape index (κ2) is 2.89. The number of rotatable bonds is 0. The van der Waals surface area contributed by atoms with Crippen molar-refractivity contribution in [2.75, 3.05) is 0 Å². The number of hydrogen-bond donors (Lipinski definition) is 1. The van der Waals surface area contributed by atoms with Crippen LogP contribution in [0.4, 0.5) is 0 Å². The van der Waals surface area contributed by atoms with Crippen LogP contribution >= 0.6 is 11.8 Å². The highest BCUT2D eigenvalue weighted by Gasteiger charge is 2.30. The van der Waals surface area contributed by atoms with E-state index in [0.717, 1.165) is 18.5 Å². The number of fused-ring (bicyclic) bond motifs is 2. The van der Waals surface area contributed by atoms with E-state index in [4.69, 9.17) is 5.73 Å². The lowest BCUT2D eigenvalue weighted by atomic mass is 9.95. The number of hydrogen-bond acceptors (Lipinski definition) is 3. The Balaban J connectivity index is 2.19. The van der Waals surface area contributed by atoms with Crippen LogP contribution in [0.1, 0.15) is 17.5 Å². The first-order valence-corrected chi connectivity index (χ1v) is 5.50. The largest absolute Gasteiger partial charge is 0.355 e. The predicted molar refractivity (Wildman–Crippen MR) is 60.6 cm³/mol. The van der Waals surface area contributed by atoms with Gasteiger partial charge in [0.2, 0.25) is 0 Å². The molecule has 0 spiro atoms. The molecule has 1 aliphatic heterocycles. The van der Waals surface area contributed by atoms with Gasteiger partial charge in [0.05, 0.1) is 0 Å². The third-order valence-corrected chi connectivity index (χ3v) is 3.55. The van der Waals surface area contributed by atoms with E-state index in [9.17, 15) is 0 Å². The molecule has 0 saturated heterocycles. The molecule has 1 heterocycles. The fraction of sp³-hybridized carbons (Fsp3) is 0.182. The van der Waals surface area contributed by atoms with Gasteiger partial charge in [0, 0.05) is 22.2 Å². The molecule has 0 fully saturated rings. The Bertz CT molecular complexity index is 460. The van der Waals surface area contributed by atoms with Crippen LogP contribution < -0.4 is 10.7 Å². The van der Waals surface area contributed by atoms with Crippen LogP contribution in [-0.4, -0.2) is 5.17 Å². The standard InChI is InChI=1S/C11H10N2S/c12-11-13-10-8-4-2-1-3-7(8)5-6-9(10)14-11/h1-4H,5-6,12H2/q+1. The zero-order valence-corrected chi connectivity index (χ0v) is 8.47. The van der Waals surface area contributed by atoms with Crippen LogP contribution in [0.25, 0.3) is 5.70 Å². The first-order valence-electron chi connectivity index (χ1n) is 4.68. The number of thioether (sulfide) groups is 1. The highest BCUT2D eigenvalue weighted by Crippen LogP contribution is 2.38. The number of benzene rings is 1. The highest BCUT2D eigenvalue weighted by atomic mass is 32.2. The summed E-state index contributed by atoms with van der Waals surface area (Å²) < 4.78 is 0. The van der Waals surface area contributed by atoms with Crippen molar-refractivity contribution in [3.8, 4) is 0 Å². The molecule has 0 atom stereocenters. The van der Waals surface area contributed by atoms with Gasteiger partial charge in [-0.2, -0.15) is 0 Å². The number of allylic oxidation sites excluding steroid dienone is 1. The normalized spacial score (nSPS) is 19.0. The molecule has 0 amide bonds. The van der Waals surface area contributed by atoms with Crippen LogP contribution in [0.15, 0.2) is 29.2 Å². The van der Waals surface area contributed by atoms with Crippen molar-refractivity contribution in [1.82, 2.24) is 4.99 Å². The van der Waals surface area contributed by atoms with Crippen molar-refractivity contribution < 1.29 is 0 Å². The molecule has 3 rings (SSSR count). The Morgan fingerprint density at radius 2 is 2.07 bits per heavy atom. The van der Waals surface area contributed by atoms with Crippen molar-refractivity contribution in [2.45, 2.75) is 12.8 Å².